The largest absolute Gasteiger partial charge is 2.00 e. The second-order valence-electron chi connectivity index (χ2n) is 4.11. The molecule has 0 N–H and O–H groups in total. The Morgan fingerprint density at radius 2 is 1.47 bits per heavy atom. The van der Waals surface area contributed by atoms with Crippen molar-refractivity contribution in [2.45, 2.75) is 39.0 Å². The standard InChI is InChI=1S/C10H16O4.Ca/c1-10(8(11)12,9(13)14)7-5-3-2-4-6-7;/h7H,2-6H2,1H3,(H,11,12)(H,13,14);/q;+2/p-2. The van der Waals surface area contributed by atoms with Gasteiger partial charge in [-0.05, 0) is 25.7 Å². The van der Waals surface area contributed by atoms with Crippen LogP contribution in [0.15, 0.2) is 0 Å². The summed E-state index contributed by atoms with van der Waals surface area (Å²) in [5.74, 6) is -3.39. The molecule has 0 aromatic heterocycles. The molecule has 0 aliphatic heterocycles. The number of rotatable bonds is 3. The SMILES string of the molecule is CC(C(=O)[O-])(C(=O)[O-])C1CCCCC1.[Ca+2]. The fourth-order valence-electron chi connectivity index (χ4n) is 2.10. The Kier molecular flexibility index (Phi) is 6.14. The molecule has 1 aliphatic carbocycles. The smallest absolute Gasteiger partial charge is 0.549 e. The van der Waals surface area contributed by atoms with E-state index in [9.17, 15) is 19.8 Å². The monoisotopic (exact) mass is 238 g/mol. The van der Waals surface area contributed by atoms with Crippen molar-refractivity contribution in [3.05, 3.63) is 0 Å². The van der Waals surface area contributed by atoms with Gasteiger partial charge in [-0.3, -0.25) is 0 Å². The Bertz CT molecular complexity index is 232. The molecule has 1 fully saturated rings. The van der Waals surface area contributed by atoms with Gasteiger partial charge in [0.05, 0.1) is 11.9 Å². The van der Waals surface area contributed by atoms with E-state index in [-0.39, 0.29) is 43.7 Å². The van der Waals surface area contributed by atoms with E-state index in [1.165, 1.54) is 6.92 Å². The molecule has 0 spiro atoms. The van der Waals surface area contributed by atoms with Gasteiger partial charge in [-0.2, -0.15) is 0 Å². The second-order valence-corrected chi connectivity index (χ2v) is 4.11. The van der Waals surface area contributed by atoms with Crippen LogP contribution in [0, 0.1) is 11.3 Å². The van der Waals surface area contributed by atoms with Gasteiger partial charge >= 0.3 is 37.7 Å². The summed E-state index contributed by atoms with van der Waals surface area (Å²) in [6.45, 7) is 1.20. The quantitative estimate of drug-likeness (QED) is 0.452. The maximum atomic E-state index is 10.8. The molecule has 0 heterocycles. The summed E-state index contributed by atoms with van der Waals surface area (Å²) >= 11 is 0. The summed E-state index contributed by atoms with van der Waals surface area (Å²) in [6.07, 6.45) is 4.10. The maximum Gasteiger partial charge on any atom is 2.00 e. The first-order chi connectivity index (χ1) is 6.49. The normalized spacial score (nSPS) is 17.9. The third kappa shape index (κ3) is 3.08. The number of aliphatic carboxylic acids is 2. The van der Waals surface area contributed by atoms with E-state index in [1.807, 2.05) is 0 Å². The van der Waals surface area contributed by atoms with Crippen molar-refractivity contribution in [2.75, 3.05) is 0 Å². The number of hydrogen-bond donors (Lipinski definition) is 0. The van der Waals surface area contributed by atoms with Crippen LogP contribution < -0.4 is 10.2 Å². The fourth-order valence-corrected chi connectivity index (χ4v) is 2.10. The van der Waals surface area contributed by atoms with Crippen molar-refractivity contribution in [1.29, 1.82) is 0 Å². The van der Waals surface area contributed by atoms with Crippen LogP contribution in [0.3, 0.4) is 0 Å². The predicted molar refractivity (Wildman–Crippen MR) is 50.5 cm³/mol. The van der Waals surface area contributed by atoms with Crippen LogP contribution in [0.2, 0.25) is 0 Å². The van der Waals surface area contributed by atoms with E-state index < -0.39 is 17.4 Å². The Labute approximate surface area is 119 Å². The topological polar surface area (TPSA) is 80.3 Å². The molecule has 0 unspecified atom stereocenters. The molecule has 0 saturated heterocycles. The van der Waals surface area contributed by atoms with Gasteiger partial charge in [-0.1, -0.05) is 19.3 Å². The zero-order valence-electron chi connectivity index (χ0n) is 8.95. The number of hydrogen-bond acceptors (Lipinski definition) is 4. The summed E-state index contributed by atoms with van der Waals surface area (Å²) in [5.41, 5.74) is -1.82. The molecule has 80 valence electrons. The predicted octanol–water partition coefficient (Wildman–Crippen LogP) is -1.31. The Morgan fingerprint density at radius 3 is 1.80 bits per heavy atom. The molecular weight excluding hydrogens is 224 g/mol. The molecule has 1 saturated carbocycles. The summed E-state index contributed by atoms with van der Waals surface area (Å²) in [6, 6.07) is 0. The van der Waals surface area contributed by atoms with E-state index in [0.29, 0.717) is 12.8 Å². The average Bonchev–Trinajstić information content (AvgIpc) is 2.17. The molecule has 0 aromatic rings. The molecule has 0 atom stereocenters. The minimum Gasteiger partial charge on any atom is -0.549 e. The summed E-state index contributed by atoms with van der Waals surface area (Å²) in [4.78, 5) is 21.7. The van der Waals surface area contributed by atoms with Crippen LogP contribution in [0.25, 0.3) is 0 Å². The van der Waals surface area contributed by atoms with Crippen LogP contribution >= 0.6 is 0 Å². The van der Waals surface area contributed by atoms with Gasteiger partial charge in [-0.25, -0.2) is 0 Å². The first-order valence-corrected chi connectivity index (χ1v) is 4.92. The van der Waals surface area contributed by atoms with Crippen molar-refractivity contribution < 1.29 is 19.8 Å². The van der Waals surface area contributed by atoms with Crippen LogP contribution in [-0.2, 0) is 9.59 Å². The molecule has 4 nitrogen and oxygen atoms in total. The molecule has 1 aliphatic rings. The van der Waals surface area contributed by atoms with Crippen molar-refractivity contribution in [3.8, 4) is 0 Å². The fraction of sp³-hybridized carbons (Fsp3) is 0.800. The number of carbonyl (C=O) groups excluding carboxylic acids is 2. The molecule has 0 radical (unpaired) electrons. The minimum absolute atomic E-state index is 0. The molecule has 0 amide bonds. The van der Waals surface area contributed by atoms with Crippen molar-refractivity contribution in [1.82, 2.24) is 0 Å². The van der Waals surface area contributed by atoms with Crippen molar-refractivity contribution in [3.63, 3.8) is 0 Å². The Hall–Kier alpha value is 0.200. The van der Waals surface area contributed by atoms with E-state index >= 15 is 0 Å². The number of carboxylic acids is 2. The summed E-state index contributed by atoms with van der Waals surface area (Å²) in [5, 5.41) is 21.7. The average molecular weight is 238 g/mol. The van der Waals surface area contributed by atoms with Gasteiger partial charge in [0.2, 0.25) is 0 Å². The van der Waals surface area contributed by atoms with E-state index in [2.05, 4.69) is 0 Å². The maximum absolute atomic E-state index is 10.8. The van der Waals surface area contributed by atoms with Crippen LogP contribution in [0.4, 0.5) is 0 Å². The zero-order valence-corrected chi connectivity index (χ0v) is 11.2. The first kappa shape index (κ1) is 15.2. The molecule has 15 heavy (non-hydrogen) atoms. The van der Waals surface area contributed by atoms with Gasteiger partial charge in [0.15, 0.2) is 0 Å². The second kappa shape index (κ2) is 6.06. The summed E-state index contributed by atoms with van der Waals surface area (Å²) in [7, 11) is 0. The Morgan fingerprint density at radius 1 is 1.07 bits per heavy atom. The number of carbonyl (C=O) groups is 2. The molecular formula is C10H14CaO4. The molecule has 5 heteroatoms. The molecule has 0 aromatic carbocycles. The minimum atomic E-state index is -1.82. The zero-order chi connectivity index (χ0) is 10.8. The third-order valence-electron chi connectivity index (χ3n) is 3.27. The third-order valence-corrected chi connectivity index (χ3v) is 3.27. The van der Waals surface area contributed by atoms with E-state index in [0.717, 1.165) is 19.3 Å². The van der Waals surface area contributed by atoms with E-state index in [4.69, 9.17) is 0 Å². The summed E-state index contributed by atoms with van der Waals surface area (Å²) < 4.78 is 0. The van der Waals surface area contributed by atoms with Crippen LogP contribution in [0.1, 0.15) is 39.0 Å². The van der Waals surface area contributed by atoms with Crippen molar-refractivity contribution >= 4 is 49.7 Å². The van der Waals surface area contributed by atoms with Gasteiger partial charge in [0, 0.05) is 5.41 Å². The molecule has 1 rings (SSSR count). The van der Waals surface area contributed by atoms with Crippen molar-refractivity contribution in [2.24, 2.45) is 11.3 Å². The van der Waals surface area contributed by atoms with Gasteiger partial charge in [0.1, 0.15) is 0 Å². The number of carboxylic acid groups (broad SMARTS) is 2. The van der Waals surface area contributed by atoms with Gasteiger partial charge in [-0.15, -0.1) is 0 Å². The first-order valence-electron chi connectivity index (χ1n) is 4.92. The molecule has 0 bridgehead atoms. The van der Waals surface area contributed by atoms with Gasteiger partial charge < -0.3 is 19.8 Å². The van der Waals surface area contributed by atoms with Crippen LogP contribution in [0.5, 0.6) is 0 Å². The van der Waals surface area contributed by atoms with Gasteiger partial charge in [0.25, 0.3) is 0 Å². The Balaban J connectivity index is 0.00000196. The van der Waals surface area contributed by atoms with Crippen LogP contribution in [-0.4, -0.2) is 49.7 Å². The van der Waals surface area contributed by atoms with E-state index in [1.54, 1.807) is 0 Å².